The number of halogens is 1. The molecule has 2 N–H and O–H groups in total. The Kier molecular flexibility index (Phi) is 4.52. The lowest BCUT2D eigenvalue weighted by Gasteiger charge is -2.17. The minimum Gasteiger partial charge on any atom is -0.324 e. The summed E-state index contributed by atoms with van der Waals surface area (Å²) in [5.74, 6) is 0. The maximum atomic E-state index is 6.36. The zero-order valence-corrected chi connectivity index (χ0v) is 13.4. The summed E-state index contributed by atoms with van der Waals surface area (Å²) < 4.78 is 0. The first kappa shape index (κ1) is 15.1. The number of aryl methyl sites for hydroxylation is 4. The van der Waals surface area contributed by atoms with E-state index in [2.05, 4.69) is 39.0 Å². The van der Waals surface area contributed by atoms with Gasteiger partial charge in [0.25, 0.3) is 0 Å². The maximum absolute atomic E-state index is 6.36. The van der Waals surface area contributed by atoms with Crippen molar-refractivity contribution in [3.63, 3.8) is 0 Å². The molecule has 0 bridgehead atoms. The molecule has 0 heterocycles. The lowest BCUT2D eigenvalue weighted by molar-refractivity contribution is 0.715. The molecule has 0 aliphatic carbocycles. The Hall–Kier alpha value is -1.31. The molecule has 2 aromatic carbocycles. The molecule has 0 aromatic heterocycles. The molecule has 0 aliphatic rings. The summed E-state index contributed by atoms with van der Waals surface area (Å²) >= 11 is 6.19. The van der Waals surface area contributed by atoms with Crippen molar-refractivity contribution >= 4 is 11.6 Å². The summed E-state index contributed by atoms with van der Waals surface area (Å²) in [5.41, 5.74) is 13.8. The molecule has 0 fully saturated rings. The van der Waals surface area contributed by atoms with Crippen LogP contribution in [-0.4, -0.2) is 0 Å². The molecular formula is C18H22ClN. The summed E-state index contributed by atoms with van der Waals surface area (Å²) in [5, 5.41) is 0.787. The van der Waals surface area contributed by atoms with Crippen LogP contribution in [0.1, 0.15) is 39.4 Å². The van der Waals surface area contributed by atoms with Crippen LogP contribution in [-0.2, 0) is 6.42 Å². The van der Waals surface area contributed by atoms with Gasteiger partial charge in [-0.2, -0.15) is 0 Å². The van der Waals surface area contributed by atoms with Crippen LogP contribution in [0.4, 0.5) is 0 Å². The third-order valence-corrected chi connectivity index (χ3v) is 4.30. The molecule has 20 heavy (non-hydrogen) atoms. The van der Waals surface area contributed by atoms with E-state index in [0.717, 1.165) is 22.6 Å². The fraction of sp³-hybridized carbons (Fsp3) is 0.333. The van der Waals surface area contributed by atoms with Gasteiger partial charge in [-0.15, -0.1) is 0 Å². The molecule has 2 heteroatoms. The Morgan fingerprint density at radius 3 is 2.10 bits per heavy atom. The van der Waals surface area contributed by atoms with Gasteiger partial charge >= 0.3 is 0 Å². The fourth-order valence-corrected chi connectivity index (χ4v) is 2.90. The molecule has 0 spiro atoms. The smallest absolute Gasteiger partial charge is 0.0438 e. The molecular weight excluding hydrogens is 266 g/mol. The topological polar surface area (TPSA) is 26.0 Å². The first-order chi connectivity index (χ1) is 9.38. The van der Waals surface area contributed by atoms with Crippen molar-refractivity contribution < 1.29 is 0 Å². The molecule has 0 saturated heterocycles. The number of hydrogen-bond acceptors (Lipinski definition) is 1. The normalized spacial score (nSPS) is 12.5. The quantitative estimate of drug-likeness (QED) is 0.861. The van der Waals surface area contributed by atoms with Crippen molar-refractivity contribution in [2.45, 2.75) is 40.2 Å². The Morgan fingerprint density at radius 1 is 0.950 bits per heavy atom. The van der Waals surface area contributed by atoms with Crippen LogP contribution in [0.2, 0.25) is 5.02 Å². The molecule has 2 aromatic rings. The van der Waals surface area contributed by atoms with Gasteiger partial charge < -0.3 is 5.73 Å². The van der Waals surface area contributed by atoms with E-state index in [9.17, 15) is 0 Å². The predicted octanol–water partition coefficient (Wildman–Crippen LogP) is 4.82. The highest BCUT2D eigenvalue weighted by Crippen LogP contribution is 2.25. The standard InChI is InChI=1S/C18H22ClN/c1-11-7-13(3)16(14(4)8-11)10-18(20)15-6-5-12(2)17(19)9-15/h5-9,18H,10,20H2,1-4H3. The van der Waals surface area contributed by atoms with Crippen LogP contribution in [0.15, 0.2) is 30.3 Å². The van der Waals surface area contributed by atoms with E-state index < -0.39 is 0 Å². The Morgan fingerprint density at radius 2 is 1.55 bits per heavy atom. The maximum Gasteiger partial charge on any atom is 0.0438 e. The van der Waals surface area contributed by atoms with Gasteiger partial charge in [0, 0.05) is 11.1 Å². The van der Waals surface area contributed by atoms with Gasteiger partial charge in [-0.3, -0.25) is 0 Å². The average Bonchev–Trinajstić information content (AvgIpc) is 2.36. The number of hydrogen-bond donors (Lipinski definition) is 1. The lowest BCUT2D eigenvalue weighted by atomic mass is 9.92. The van der Waals surface area contributed by atoms with E-state index in [-0.39, 0.29) is 6.04 Å². The van der Waals surface area contributed by atoms with Crippen LogP contribution in [0.3, 0.4) is 0 Å². The molecule has 0 radical (unpaired) electrons. The van der Waals surface area contributed by atoms with E-state index in [0.29, 0.717) is 0 Å². The summed E-state index contributed by atoms with van der Waals surface area (Å²) in [6, 6.07) is 10.5. The number of nitrogens with two attached hydrogens (primary N) is 1. The predicted molar refractivity (Wildman–Crippen MR) is 87.5 cm³/mol. The van der Waals surface area contributed by atoms with Crippen LogP contribution in [0.5, 0.6) is 0 Å². The molecule has 1 nitrogen and oxygen atoms in total. The number of rotatable bonds is 3. The van der Waals surface area contributed by atoms with Gasteiger partial charge in [0.1, 0.15) is 0 Å². The second-order valence-electron chi connectivity index (χ2n) is 5.70. The minimum atomic E-state index is -0.0202. The highest BCUT2D eigenvalue weighted by molar-refractivity contribution is 6.31. The molecule has 1 atom stereocenters. The lowest BCUT2D eigenvalue weighted by Crippen LogP contribution is -2.15. The Labute approximate surface area is 126 Å². The van der Waals surface area contributed by atoms with Gasteiger partial charge in [-0.1, -0.05) is 41.4 Å². The zero-order valence-electron chi connectivity index (χ0n) is 12.6. The number of benzene rings is 2. The van der Waals surface area contributed by atoms with Gasteiger partial charge in [0.2, 0.25) is 0 Å². The Balaban J connectivity index is 2.27. The largest absolute Gasteiger partial charge is 0.324 e. The van der Waals surface area contributed by atoms with Gasteiger partial charge in [-0.05, 0) is 68.0 Å². The molecule has 0 saturated carbocycles. The van der Waals surface area contributed by atoms with Gasteiger partial charge in [0.05, 0.1) is 0 Å². The summed E-state index contributed by atoms with van der Waals surface area (Å²) in [4.78, 5) is 0. The minimum absolute atomic E-state index is 0.0202. The first-order valence-corrected chi connectivity index (χ1v) is 7.34. The van der Waals surface area contributed by atoms with Crippen molar-refractivity contribution in [1.29, 1.82) is 0 Å². The fourth-order valence-electron chi connectivity index (χ4n) is 2.71. The Bertz CT molecular complexity index is 608. The SMILES string of the molecule is Cc1cc(C)c(CC(N)c2ccc(C)c(Cl)c2)c(C)c1. The van der Waals surface area contributed by atoms with Crippen molar-refractivity contribution in [2.24, 2.45) is 5.73 Å². The third kappa shape index (κ3) is 3.23. The molecule has 106 valence electrons. The van der Waals surface area contributed by atoms with E-state index in [1.165, 1.54) is 22.3 Å². The summed E-state index contributed by atoms with van der Waals surface area (Å²) in [7, 11) is 0. The van der Waals surface area contributed by atoms with E-state index in [1.807, 2.05) is 19.1 Å². The van der Waals surface area contributed by atoms with Crippen LogP contribution in [0, 0.1) is 27.7 Å². The average molecular weight is 288 g/mol. The van der Waals surface area contributed by atoms with Gasteiger partial charge in [0.15, 0.2) is 0 Å². The third-order valence-electron chi connectivity index (χ3n) is 3.89. The van der Waals surface area contributed by atoms with Crippen molar-refractivity contribution in [3.8, 4) is 0 Å². The van der Waals surface area contributed by atoms with Gasteiger partial charge in [-0.25, -0.2) is 0 Å². The highest BCUT2D eigenvalue weighted by atomic mass is 35.5. The van der Waals surface area contributed by atoms with Crippen LogP contribution < -0.4 is 5.73 Å². The highest BCUT2D eigenvalue weighted by Gasteiger charge is 2.12. The summed E-state index contributed by atoms with van der Waals surface area (Å²) in [6.07, 6.45) is 0.845. The van der Waals surface area contributed by atoms with Crippen molar-refractivity contribution in [2.75, 3.05) is 0 Å². The molecule has 1 unspecified atom stereocenters. The second kappa shape index (κ2) is 5.99. The van der Waals surface area contributed by atoms with Crippen molar-refractivity contribution in [3.05, 3.63) is 68.7 Å². The van der Waals surface area contributed by atoms with E-state index >= 15 is 0 Å². The monoisotopic (exact) mass is 287 g/mol. The second-order valence-corrected chi connectivity index (χ2v) is 6.10. The van der Waals surface area contributed by atoms with Crippen LogP contribution >= 0.6 is 11.6 Å². The molecule has 2 rings (SSSR count). The van der Waals surface area contributed by atoms with E-state index in [1.54, 1.807) is 0 Å². The molecule has 0 amide bonds. The van der Waals surface area contributed by atoms with E-state index in [4.69, 9.17) is 17.3 Å². The van der Waals surface area contributed by atoms with Crippen molar-refractivity contribution in [1.82, 2.24) is 0 Å². The molecule has 0 aliphatic heterocycles. The first-order valence-electron chi connectivity index (χ1n) is 6.97. The van der Waals surface area contributed by atoms with Crippen LogP contribution in [0.25, 0.3) is 0 Å². The summed E-state index contributed by atoms with van der Waals surface area (Å²) in [6.45, 7) is 8.45. The zero-order chi connectivity index (χ0) is 14.9.